The van der Waals surface area contributed by atoms with Gasteiger partial charge < -0.3 is 14.6 Å². The molecule has 0 radical (unpaired) electrons. The number of carbonyl (C=O) groups is 2. The molecule has 1 saturated heterocycles. The zero-order valence-corrected chi connectivity index (χ0v) is 14.9. The van der Waals surface area contributed by atoms with Gasteiger partial charge >= 0.3 is 0 Å². The number of likely N-dealkylation sites (tertiary alicyclic amines) is 1. The van der Waals surface area contributed by atoms with Gasteiger partial charge in [-0.1, -0.05) is 6.92 Å². The topological polar surface area (TPSA) is 75.4 Å². The van der Waals surface area contributed by atoms with Crippen LogP contribution in [0.4, 0.5) is 5.13 Å². The molecule has 1 fully saturated rings. The van der Waals surface area contributed by atoms with Crippen molar-refractivity contribution in [3.8, 4) is 0 Å². The summed E-state index contributed by atoms with van der Waals surface area (Å²) in [5.74, 6) is 1.89. The molecular weight excluding hydrogens is 326 g/mol. The largest absolute Gasteiger partial charge is 0.464 e. The number of hydrogen-bond donors (Lipinski definition) is 1. The fourth-order valence-electron chi connectivity index (χ4n) is 3.01. The first kappa shape index (κ1) is 16.7. The smallest absolute Gasteiger partial charge is 0.274 e. The first-order valence-corrected chi connectivity index (χ1v) is 8.92. The van der Waals surface area contributed by atoms with Crippen molar-refractivity contribution in [1.29, 1.82) is 0 Å². The molecule has 24 heavy (non-hydrogen) atoms. The van der Waals surface area contributed by atoms with Crippen LogP contribution in [0, 0.1) is 12.8 Å². The Bertz CT molecular complexity index is 752. The van der Waals surface area contributed by atoms with E-state index in [4.69, 9.17) is 4.42 Å². The molecule has 0 aliphatic carbocycles. The maximum absolute atomic E-state index is 12.9. The van der Waals surface area contributed by atoms with Crippen LogP contribution in [0.1, 0.15) is 54.7 Å². The van der Waals surface area contributed by atoms with Crippen molar-refractivity contribution < 1.29 is 14.0 Å². The van der Waals surface area contributed by atoms with Crippen LogP contribution in [-0.4, -0.2) is 28.2 Å². The lowest BCUT2D eigenvalue weighted by atomic mass is 9.91. The third kappa shape index (κ3) is 3.51. The molecule has 3 rings (SSSR count). The first-order valence-electron chi connectivity index (χ1n) is 8.04. The maximum atomic E-state index is 12.9. The molecule has 1 aliphatic rings. The highest BCUT2D eigenvalue weighted by Gasteiger charge is 2.34. The number of nitrogens with zero attached hydrogens (tertiary/aromatic N) is 2. The summed E-state index contributed by atoms with van der Waals surface area (Å²) in [6.07, 6.45) is 1.84. The minimum Gasteiger partial charge on any atom is -0.464 e. The Balaban J connectivity index is 1.83. The fourth-order valence-corrected chi connectivity index (χ4v) is 3.74. The zero-order valence-electron chi connectivity index (χ0n) is 14.0. The summed E-state index contributed by atoms with van der Waals surface area (Å²) in [5.41, 5.74) is 0.367. The third-order valence-corrected chi connectivity index (χ3v) is 4.98. The average molecular weight is 347 g/mol. The van der Waals surface area contributed by atoms with E-state index in [0.717, 1.165) is 24.4 Å². The van der Waals surface area contributed by atoms with E-state index < -0.39 is 0 Å². The number of aryl methyl sites for hydroxylation is 1. The standard InChI is InChI=1S/C17H21N3O3S/c1-10-6-7-20(14(8-10)15-5-4-11(2)23-15)16(22)13-9-24-17(19-13)18-12(3)21/h4-5,9-10,14H,6-8H2,1-3H3,(H,18,19,21)/t10-,14-/m0/s1. The van der Waals surface area contributed by atoms with Gasteiger partial charge in [-0.25, -0.2) is 4.98 Å². The van der Waals surface area contributed by atoms with E-state index in [9.17, 15) is 9.59 Å². The minimum absolute atomic E-state index is 0.0686. The molecule has 2 aromatic rings. The van der Waals surface area contributed by atoms with Crippen molar-refractivity contribution in [3.63, 3.8) is 0 Å². The summed E-state index contributed by atoms with van der Waals surface area (Å²) in [4.78, 5) is 30.1. The second kappa shape index (κ2) is 6.76. The highest BCUT2D eigenvalue weighted by Crippen LogP contribution is 2.36. The number of hydrogen-bond acceptors (Lipinski definition) is 5. The molecule has 7 heteroatoms. The first-order chi connectivity index (χ1) is 11.4. The predicted molar refractivity (Wildman–Crippen MR) is 92.0 cm³/mol. The minimum atomic E-state index is -0.195. The van der Waals surface area contributed by atoms with Gasteiger partial charge in [0.2, 0.25) is 5.91 Å². The molecule has 3 heterocycles. The number of rotatable bonds is 3. The molecule has 128 valence electrons. The van der Waals surface area contributed by atoms with Crippen LogP contribution in [0.2, 0.25) is 0 Å². The zero-order chi connectivity index (χ0) is 17.3. The molecule has 1 aliphatic heterocycles. The number of furan rings is 1. The summed E-state index contributed by atoms with van der Waals surface area (Å²) >= 11 is 1.26. The molecule has 1 N–H and O–H groups in total. The number of nitrogens with one attached hydrogen (secondary N) is 1. The van der Waals surface area contributed by atoms with Crippen molar-refractivity contribution in [2.24, 2.45) is 5.92 Å². The maximum Gasteiger partial charge on any atom is 0.274 e. The van der Waals surface area contributed by atoms with E-state index >= 15 is 0 Å². The quantitative estimate of drug-likeness (QED) is 0.920. The summed E-state index contributed by atoms with van der Waals surface area (Å²) in [6.45, 7) is 6.20. The van der Waals surface area contributed by atoms with E-state index in [-0.39, 0.29) is 17.9 Å². The lowest BCUT2D eigenvalue weighted by Gasteiger charge is -2.37. The van der Waals surface area contributed by atoms with E-state index in [2.05, 4.69) is 17.2 Å². The fraction of sp³-hybridized carbons (Fsp3) is 0.471. The van der Waals surface area contributed by atoms with Gasteiger partial charge in [-0.15, -0.1) is 11.3 Å². The molecular formula is C17H21N3O3S. The number of thiazole rings is 1. The normalized spacial score (nSPS) is 20.9. The second-order valence-corrected chi connectivity index (χ2v) is 7.17. The predicted octanol–water partition coefficient (Wildman–Crippen LogP) is 3.62. The molecule has 0 spiro atoms. The van der Waals surface area contributed by atoms with E-state index in [1.165, 1.54) is 18.3 Å². The van der Waals surface area contributed by atoms with Gasteiger partial charge in [0, 0.05) is 18.8 Å². The number of carbonyl (C=O) groups excluding carboxylic acids is 2. The van der Waals surface area contributed by atoms with Gasteiger partial charge in [0.15, 0.2) is 5.13 Å². The van der Waals surface area contributed by atoms with Crippen LogP contribution in [0.25, 0.3) is 0 Å². The molecule has 2 aromatic heterocycles. The Kier molecular flexibility index (Phi) is 4.71. The number of piperidine rings is 1. The molecule has 6 nitrogen and oxygen atoms in total. The molecule has 0 aromatic carbocycles. The van der Waals surface area contributed by atoms with Gasteiger partial charge in [-0.3, -0.25) is 9.59 Å². The highest BCUT2D eigenvalue weighted by molar-refractivity contribution is 7.14. The Labute approximate surface area is 144 Å². The average Bonchev–Trinajstić information content (AvgIpc) is 3.15. The highest BCUT2D eigenvalue weighted by atomic mass is 32.1. The second-order valence-electron chi connectivity index (χ2n) is 6.31. The molecule has 2 amide bonds. The van der Waals surface area contributed by atoms with Crippen LogP contribution < -0.4 is 5.32 Å². The summed E-state index contributed by atoms with van der Waals surface area (Å²) in [7, 11) is 0. The molecule has 2 atom stereocenters. The van der Waals surface area contributed by atoms with Crippen molar-refractivity contribution in [2.45, 2.75) is 39.7 Å². The Morgan fingerprint density at radius 1 is 1.42 bits per heavy atom. The van der Waals surface area contributed by atoms with Crippen molar-refractivity contribution in [3.05, 3.63) is 34.7 Å². The van der Waals surface area contributed by atoms with Gasteiger partial charge in [0.1, 0.15) is 17.2 Å². The SMILES string of the molecule is CC(=O)Nc1nc(C(=O)N2CC[C@H](C)C[C@H]2c2ccc(C)o2)cs1. The van der Waals surface area contributed by atoms with Gasteiger partial charge in [-0.05, 0) is 37.8 Å². The Morgan fingerprint density at radius 2 is 2.21 bits per heavy atom. The molecule has 0 unspecified atom stereocenters. The number of amides is 2. The number of aromatic nitrogens is 1. The lowest BCUT2D eigenvalue weighted by molar-refractivity contribution is -0.114. The molecule has 0 bridgehead atoms. The van der Waals surface area contributed by atoms with Crippen molar-refractivity contribution in [2.75, 3.05) is 11.9 Å². The Hall–Kier alpha value is -2.15. The van der Waals surface area contributed by atoms with Gasteiger partial charge in [0.05, 0.1) is 6.04 Å². The number of anilines is 1. The van der Waals surface area contributed by atoms with E-state index in [0.29, 0.717) is 23.3 Å². The van der Waals surface area contributed by atoms with Crippen LogP contribution in [0.15, 0.2) is 21.9 Å². The van der Waals surface area contributed by atoms with Crippen LogP contribution >= 0.6 is 11.3 Å². The van der Waals surface area contributed by atoms with E-state index in [1.54, 1.807) is 5.38 Å². The lowest BCUT2D eigenvalue weighted by Crippen LogP contribution is -2.40. The monoisotopic (exact) mass is 347 g/mol. The van der Waals surface area contributed by atoms with Crippen LogP contribution in [0.5, 0.6) is 0 Å². The third-order valence-electron chi connectivity index (χ3n) is 4.22. The van der Waals surface area contributed by atoms with Gasteiger partial charge in [-0.2, -0.15) is 0 Å². The van der Waals surface area contributed by atoms with E-state index in [1.807, 2.05) is 24.0 Å². The van der Waals surface area contributed by atoms with Crippen LogP contribution in [0.3, 0.4) is 0 Å². The summed E-state index contributed by atoms with van der Waals surface area (Å²) in [6, 6.07) is 3.80. The van der Waals surface area contributed by atoms with Crippen molar-refractivity contribution in [1.82, 2.24) is 9.88 Å². The van der Waals surface area contributed by atoms with Gasteiger partial charge in [0.25, 0.3) is 5.91 Å². The van der Waals surface area contributed by atoms with Crippen LogP contribution in [-0.2, 0) is 4.79 Å². The van der Waals surface area contributed by atoms with Crippen molar-refractivity contribution >= 4 is 28.3 Å². The Morgan fingerprint density at radius 3 is 2.88 bits per heavy atom. The summed E-state index contributed by atoms with van der Waals surface area (Å²) in [5, 5.41) is 4.75. The molecule has 0 saturated carbocycles. The summed E-state index contributed by atoms with van der Waals surface area (Å²) < 4.78 is 5.78.